The van der Waals surface area contributed by atoms with Crippen LogP contribution in [0.1, 0.15) is 17.3 Å². The molecular formula is C18H15N5O2S. The summed E-state index contributed by atoms with van der Waals surface area (Å²) in [6.45, 7) is 3.69. The van der Waals surface area contributed by atoms with Gasteiger partial charge in [-0.1, -0.05) is 30.0 Å². The number of hydrogen-bond acceptors (Lipinski definition) is 7. The van der Waals surface area contributed by atoms with Crippen molar-refractivity contribution >= 4 is 22.7 Å². The zero-order valence-electron chi connectivity index (χ0n) is 14.2. The van der Waals surface area contributed by atoms with Crippen LogP contribution in [-0.4, -0.2) is 24.7 Å². The number of rotatable bonds is 4. The minimum atomic E-state index is -0.156. The Labute approximate surface area is 153 Å². The van der Waals surface area contributed by atoms with E-state index in [-0.39, 0.29) is 5.56 Å². The average Bonchev–Trinajstić information content (AvgIpc) is 3.07. The smallest absolute Gasteiger partial charge is 0.267 e. The fraction of sp³-hybridized carbons (Fsp3) is 0.167. The second-order valence-electron chi connectivity index (χ2n) is 5.75. The van der Waals surface area contributed by atoms with E-state index in [9.17, 15) is 4.79 Å². The Balaban J connectivity index is 1.84. The average molecular weight is 365 g/mol. The van der Waals surface area contributed by atoms with Gasteiger partial charge in [0.2, 0.25) is 11.8 Å². The topological polar surface area (TPSA) is 86.7 Å². The summed E-state index contributed by atoms with van der Waals surface area (Å²) in [6.07, 6.45) is 1.73. The number of fused-ring (bicyclic) bond motifs is 1. The summed E-state index contributed by atoms with van der Waals surface area (Å²) in [5, 5.41) is 8.89. The molecule has 0 spiro atoms. The van der Waals surface area contributed by atoms with Crippen LogP contribution >= 0.6 is 11.8 Å². The Bertz CT molecular complexity index is 1130. The number of aromatic nitrogens is 5. The molecule has 0 radical (unpaired) electrons. The molecule has 0 fully saturated rings. The summed E-state index contributed by atoms with van der Waals surface area (Å²) in [4.78, 5) is 22.1. The first-order chi connectivity index (χ1) is 12.6. The minimum absolute atomic E-state index is 0.156. The van der Waals surface area contributed by atoms with Crippen LogP contribution < -0.4 is 5.56 Å². The Kier molecular flexibility index (Phi) is 4.26. The van der Waals surface area contributed by atoms with E-state index >= 15 is 0 Å². The van der Waals surface area contributed by atoms with Gasteiger partial charge in [0.15, 0.2) is 5.16 Å². The predicted octanol–water partition coefficient (Wildman–Crippen LogP) is 3.07. The van der Waals surface area contributed by atoms with Gasteiger partial charge >= 0.3 is 0 Å². The van der Waals surface area contributed by atoms with E-state index in [2.05, 4.69) is 20.2 Å². The van der Waals surface area contributed by atoms with Crippen molar-refractivity contribution < 1.29 is 4.42 Å². The highest BCUT2D eigenvalue weighted by molar-refractivity contribution is 7.98. The molecule has 0 saturated heterocycles. The molecule has 0 aliphatic heterocycles. The van der Waals surface area contributed by atoms with E-state index in [0.717, 1.165) is 5.56 Å². The van der Waals surface area contributed by atoms with Crippen LogP contribution in [0.5, 0.6) is 0 Å². The largest absolute Gasteiger partial charge is 0.425 e. The van der Waals surface area contributed by atoms with Crippen LogP contribution in [0.15, 0.2) is 57.0 Å². The predicted molar refractivity (Wildman–Crippen MR) is 98.5 cm³/mol. The lowest BCUT2D eigenvalue weighted by molar-refractivity contribution is 0.485. The molecule has 26 heavy (non-hydrogen) atoms. The van der Waals surface area contributed by atoms with Crippen molar-refractivity contribution in [2.75, 3.05) is 0 Å². The lowest BCUT2D eigenvalue weighted by Crippen LogP contribution is -2.22. The lowest BCUT2D eigenvalue weighted by Gasteiger charge is -2.12. The summed E-state index contributed by atoms with van der Waals surface area (Å²) in [5.41, 5.74) is 1.51. The molecule has 0 aliphatic carbocycles. The Morgan fingerprint density at radius 2 is 1.96 bits per heavy atom. The van der Waals surface area contributed by atoms with Gasteiger partial charge in [0.05, 0.1) is 16.7 Å². The number of benzene rings is 1. The summed E-state index contributed by atoms with van der Waals surface area (Å²) in [6, 6.07) is 11.0. The molecule has 7 nitrogen and oxygen atoms in total. The van der Waals surface area contributed by atoms with Crippen LogP contribution in [0.25, 0.3) is 16.7 Å². The molecule has 1 aromatic carbocycles. The number of thioether (sulfide) groups is 1. The fourth-order valence-electron chi connectivity index (χ4n) is 2.53. The highest BCUT2D eigenvalue weighted by Gasteiger charge is 2.15. The zero-order valence-corrected chi connectivity index (χ0v) is 15.0. The van der Waals surface area contributed by atoms with Crippen LogP contribution in [0.2, 0.25) is 0 Å². The van der Waals surface area contributed by atoms with Crippen molar-refractivity contribution in [3.8, 4) is 5.82 Å². The van der Waals surface area contributed by atoms with Gasteiger partial charge in [0.25, 0.3) is 5.56 Å². The van der Waals surface area contributed by atoms with Crippen molar-refractivity contribution in [1.82, 2.24) is 24.7 Å². The highest BCUT2D eigenvalue weighted by atomic mass is 32.2. The Hall–Kier alpha value is -3.00. The second kappa shape index (κ2) is 6.72. The van der Waals surface area contributed by atoms with Crippen LogP contribution in [0, 0.1) is 13.8 Å². The quantitative estimate of drug-likeness (QED) is 0.406. The Morgan fingerprint density at radius 3 is 2.69 bits per heavy atom. The first-order valence-corrected chi connectivity index (χ1v) is 8.97. The van der Waals surface area contributed by atoms with Gasteiger partial charge in [-0.05, 0) is 30.7 Å². The molecule has 0 atom stereocenters. The van der Waals surface area contributed by atoms with E-state index in [1.165, 1.54) is 16.3 Å². The first-order valence-electron chi connectivity index (χ1n) is 7.98. The van der Waals surface area contributed by atoms with E-state index in [1.54, 1.807) is 19.2 Å². The van der Waals surface area contributed by atoms with E-state index in [1.807, 2.05) is 37.3 Å². The lowest BCUT2D eigenvalue weighted by atomic mass is 10.2. The molecule has 3 aromatic heterocycles. The number of para-hydroxylation sites is 1. The van der Waals surface area contributed by atoms with Gasteiger partial charge < -0.3 is 4.42 Å². The zero-order chi connectivity index (χ0) is 18.1. The van der Waals surface area contributed by atoms with Gasteiger partial charge in [-0.3, -0.25) is 4.79 Å². The number of pyridine rings is 1. The van der Waals surface area contributed by atoms with Gasteiger partial charge in [0, 0.05) is 13.1 Å². The molecule has 4 rings (SSSR count). The van der Waals surface area contributed by atoms with Gasteiger partial charge in [-0.15, -0.1) is 10.2 Å². The summed E-state index contributed by atoms with van der Waals surface area (Å²) < 4.78 is 6.93. The third kappa shape index (κ3) is 3.11. The molecule has 0 amide bonds. The molecule has 0 bridgehead atoms. The maximum Gasteiger partial charge on any atom is 0.267 e. The van der Waals surface area contributed by atoms with Gasteiger partial charge in [-0.2, -0.15) is 0 Å². The van der Waals surface area contributed by atoms with Crippen LogP contribution in [0.4, 0.5) is 0 Å². The fourth-order valence-corrected chi connectivity index (χ4v) is 3.36. The van der Waals surface area contributed by atoms with E-state index < -0.39 is 0 Å². The van der Waals surface area contributed by atoms with Gasteiger partial charge in [-0.25, -0.2) is 14.5 Å². The minimum Gasteiger partial charge on any atom is -0.425 e. The molecule has 3 heterocycles. The van der Waals surface area contributed by atoms with Crippen molar-refractivity contribution in [2.24, 2.45) is 0 Å². The van der Waals surface area contributed by atoms with Crippen molar-refractivity contribution in [2.45, 2.75) is 24.8 Å². The summed E-state index contributed by atoms with van der Waals surface area (Å²) in [7, 11) is 0. The molecule has 8 heteroatoms. The maximum atomic E-state index is 13.1. The molecule has 0 saturated carbocycles. The normalized spacial score (nSPS) is 11.2. The summed E-state index contributed by atoms with van der Waals surface area (Å²) in [5.74, 6) is 1.93. The van der Waals surface area contributed by atoms with E-state index in [4.69, 9.17) is 4.42 Å². The van der Waals surface area contributed by atoms with Crippen molar-refractivity contribution in [1.29, 1.82) is 0 Å². The molecule has 0 N–H and O–H groups in total. The molecule has 130 valence electrons. The molecule has 0 unspecified atom stereocenters. The number of hydrogen-bond donors (Lipinski definition) is 0. The monoisotopic (exact) mass is 365 g/mol. The number of nitrogens with zero attached hydrogens (tertiary/aromatic N) is 5. The molecule has 4 aromatic rings. The highest BCUT2D eigenvalue weighted by Crippen LogP contribution is 2.23. The Morgan fingerprint density at radius 1 is 1.12 bits per heavy atom. The van der Waals surface area contributed by atoms with Crippen molar-refractivity contribution in [3.05, 3.63) is 70.3 Å². The molecular weight excluding hydrogens is 350 g/mol. The van der Waals surface area contributed by atoms with Crippen LogP contribution in [0.3, 0.4) is 0 Å². The molecule has 0 aliphatic rings. The first kappa shape index (κ1) is 16.5. The second-order valence-corrected chi connectivity index (χ2v) is 6.69. The van der Waals surface area contributed by atoms with E-state index in [0.29, 0.717) is 39.4 Å². The SMILES string of the molecule is Cc1ccc(-n2c(SCc3nnc(C)o3)nc3ccccc3c2=O)nc1. The van der Waals surface area contributed by atoms with Crippen LogP contribution in [-0.2, 0) is 5.75 Å². The third-order valence-corrected chi connectivity index (χ3v) is 4.69. The van der Waals surface area contributed by atoms with Gasteiger partial charge in [0.1, 0.15) is 5.82 Å². The maximum absolute atomic E-state index is 13.1. The van der Waals surface area contributed by atoms with Crippen molar-refractivity contribution in [3.63, 3.8) is 0 Å². The summed E-state index contributed by atoms with van der Waals surface area (Å²) >= 11 is 1.36. The number of aryl methyl sites for hydroxylation is 2. The standard InChI is InChI=1S/C18H15N5O2S/c1-11-7-8-15(19-9-11)23-17(24)13-5-3-4-6-14(13)20-18(23)26-10-16-22-21-12(2)25-16/h3-9H,10H2,1-2H3. The third-order valence-electron chi connectivity index (χ3n) is 3.76.